The zero-order valence-corrected chi connectivity index (χ0v) is 11.3. The fourth-order valence-corrected chi connectivity index (χ4v) is 2.43. The number of Topliss-reactive ketones (excluding diaryl/α,β-unsaturated/α-hetero) is 1. The van der Waals surface area contributed by atoms with E-state index in [2.05, 4.69) is 0 Å². The van der Waals surface area contributed by atoms with Gasteiger partial charge >= 0.3 is 0 Å². The smallest absolute Gasteiger partial charge is 0.166 e. The number of hydrogen-bond donors (Lipinski definition) is 1. The molecule has 0 fully saturated rings. The first-order chi connectivity index (χ1) is 9.60. The molecule has 0 saturated carbocycles. The molecular weight excluding hydrogens is 256 g/mol. The second kappa shape index (κ2) is 4.56. The molecule has 20 heavy (non-hydrogen) atoms. The Labute approximate surface area is 116 Å². The highest BCUT2D eigenvalue weighted by molar-refractivity contribution is 6.20. The maximum atomic E-state index is 11.6. The number of aliphatic hydroxyl groups excluding tert-OH is 1. The average molecular weight is 270 g/mol. The first kappa shape index (κ1) is 12.5. The minimum absolute atomic E-state index is 0.0903. The van der Waals surface area contributed by atoms with E-state index in [9.17, 15) is 9.90 Å². The molecule has 4 heteroatoms. The van der Waals surface area contributed by atoms with Gasteiger partial charge in [-0.15, -0.1) is 0 Å². The van der Waals surface area contributed by atoms with Crippen LogP contribution in [-0.2, 0) is 11.2 Å². The van der Waals surface area contributed by atoms with Crippen LogP contribution >= 0.6 is 0 Å². The van der Waals surface area contributed by atoms with Gasteiger partial charge in [0.15, 0.2) is 5.78 Å². The van der Waals surface area contributed by atoms with Gasteiger partial charge in [0.2, 0.25) is 0 Å². The largest absolute Gasteiger partial charge is 0.511 e. The molecule has 1 aliphatic carbocycles. The third-order valence-electron chi connectivity index (χ3n) is 3.41. The number of carbonyl (C=O) groups is 1. The molecule has 1 aliphatic rings. The van der Waals surface area contributed by atoms with Crippen LogP contribution in [0.15, 0.2) is 40.5 Å². The first-order valence-corrected chi connectivity index (χ1v) is 6.30. The number of methoxy groups -OCH3 is 1. The van der Waals surface area contributed by atoms with Gasteiger partial charge in [0.1, 0.15) is 23.0 Å². The van der Waals surface area contributed by atoms with Crippen LogP contribution in [0.25, 0.3) is 16.9 Å². The summed E-state index contributed by atoms with van der Waals surface area (Å²) in [5.74, 6) is 1.85. The molecule has 0 radical (unpaired) electrons. The molecule has 3 rings (SSSR count). The van der Waals surface area contributed by atoms with E-state index in [0.717, 1.165) is 16.9 Å². The number of fused-ring (bicyclic) bond motifs is 1. The molecule has 0 spiro atoms. The number of aliphatic hydroxyl groups is 1. The van der Waals surface area contributed by atoms with Crippen LogP contribution in [0.1, 0.15) is 18.2 Å². The van der Waals surface area contributed by atoms with Gasteiger partial charge in [-0.3, -0.25) is 4.79 Å². The molecule has 2 aromatic rings. The minimum atomic E-state index is -0.183. The van der Waals surface area contributed by atoms with E-state index in [0.29, 0.717) is 23.5 Å². The monoisotopic (exact) mass is 270 g/mol. The summed E-state index contributed by atoms with van der Waals surface area (Å²) in [6.45, 7) is 1.43. The van der Waals surface area contributed by atoms with E-state index < -0.39 is 0 Å². The summed E-state index contributed by atoms with van der Waals surface area (Å²) in [4.78, 5) is 11.6. The van der Waals surface area contributed by atoms with Gasteiger partial charge in [0.25, 0.3) is 0 Å². The molecule has 4 nitrogen and oxygen atoms in total. The second-order valence-electron chi connectivity index (χ2n) is 4.75. The summed E-state index contributed by atoms with van der Waals surface area (Å²) in [7, 11) is 1.61. The van der Waals surface area contributed by atoms with E-state index >= 15 is 0 Å². The van der Waals surface area contributed by atoms with Crippen LogP contribution in [0.5, 0.6) is 5.75 Å². The Kier molecular flexibility index (Phi) is 2.86. The van der Waals surface area contributed by atoms with Crippen molar-refractivity contribution in [3.63, 3.8) is 0 Å². The molecular formula is C16H14O4. The normalized spacial score (nSPS) is 13.5. The molecule has 1 aromatic heterocycles. The Bertz CT molecular complexity index is 705. The Hall–Kier alpha value is -2.49. The second-order valence-corrected chi connectivity index (χ2v) is 4.75. The van der Waals surface area contributed by atoms with Crippen molar-refractivity contribution in [3.8, 4) is 17.1 Å². The van der Waals surface area contributed by atoms with Crippen LogP contribution < -0.4 is 4.74 Å². The predicted molar refractivity (Wildman–Crippen MR) is 74.6 cm³/mol. The minimum Gasteiger partial charge on any atom is -0.511 e. The topological polar surface area (TPSA) is 59.7 Å². The fourth-order valence-electron chi connectivity index (χ4n) is 2.43. The molecule has 1 aromatic carbocycles. The van der Waals surface area contributed by atoms with E-state index in [1.165, 1.54) is 6.92 Å². The third-order valence-corrected chi connectivity index (χ3v) is 3.41. The highest BCUT2D eigenvalue weighted by Gasteiger charge is 2.29. The predicted octanol–water partition coefficient (Wildman–Crippen LogP) is 3.37. The van der Waals surface area contributed by atoms with E-state index in [4.69, 9.17) is 9.15 Å². The van der Waals surface area contributed by atoms with Crippen molar-refractivity contribution in [1.82, 2.24) is 0 Å². The summed E-state index contributed by atoms with van der Waals surface area (Å²) in [6.07, 6.45) is 0.351. The Morgan fingerprint density at radius 1 is 1.30 bits per heavy atom. The number of furan rings is 1. The first-order valence-electron chi connectivity index (χ1n) is 6.30. The van der Waals surface area contributed by atoms with Crippen LogP contribution in [0, 0.1) is 0 Å². The van der Waals surface area contributed by atoms with Crippen molar-refractivity contribution in [2.24, 2.45) is 0 Å². The Morgan fingerprint density at radius 2 is 2.00 bits per heavy atom. The lowest BCUT2D eigenvalue weighted by atomic mass is 10.1. The quantitative estimate of drug-likeness (QED) is 0.929. The molecule has 0 saturated heterocycles. The molecule has 0 amide bonds. The van der Waals surface area contributed by atoms with E-state index in [1.54, 1.807) is 7.11 Å². The summed E-state index contributed by atoms with van der Waals surface area (Å²) < 4.78 is 10.9. The lowest BCUT2D eigenvalue weighted by Gasteiger charge is -2.02. The average Bonchev–Trinajstić information content (AvgIpc) is 2.94. The van der Waals surface area contributed by atoms with E-state index in [-0.39, 0.29) is 11.5 Å². The maximum absolute atomic E-state index is 11.6. The van der Waals surface area contributed by atoms with Crippen molar-refractivity contribution < 1.29 is 19.1 Å². The number of rotatable bonds is 3. The summed E-state index contributed by atoms with van der Waals surface area (Å²) in [5, 5.41) is 9.78. The third kappa shape index (κ3) is 1.90. The number of ether oxygens (including phenoxy) is 1. The van der Waals surface area contributed by atoms with Crippen molar-refractivity contribution in [2.75, 3.05) is 7.11 Å². The van der Waals surface area contributed by atoms with Gasteiger partial charge in [-0.1, -0.05) is 0 Å². The number of allylic oxidation sites excluding steroid dienone is 2. The lowest BCUT2D eigenvalue weighted by molar-refractivity contribution is -0.112. The molecule has 0 unspecified atom stereocenters. The Balaban J connectivity index is 2.01. The van der Waals surface area contributed by atoms with Crippen molar-refractivity contribution >= 4 is 11.4 Å². The zero-order valence-electron chi connectivity index (χ0n) is 11.3. The highest BCUT2D eigenvalue weighted by Crippen LogP contribution is 2.38. The molecule has 1 heterocycles. The van der Waals surface area contributed by atoms with Crippen LogP contribution in [0.4, 0.5) is 0 Å². The van der Waals surface area contributed by atoms with Crippen LogP contribution in [0.2, 0.25) is 0 Å². The van der Waals surface area contributed by atoms with Gasteiger partial charge < -0.3 is 14.3 Å². The molecule has 1 N–H and O–H groups in total. The Morgan fingerprint density at radius 3 is 2.60 bits per heavy atom. The van der Waals surface area contributed by atoms with Crippen molar-refractivity contribution in [1.29, 1.82) is 0 Å². The zero-order chi connectivity index (χ0) is 14.3. The maximum Gasteiger partial charge on any atom is 0.166 e. The van der Waals surface area contributed by atoms with Crippen molar-refractivity contribution in [2.45, 2.75) is 13.3 Å². The number of benzene rings is 1. The van der Waals surface area contributed by atoms with Gasteiger partial charge in [-0.05, 0) is 37.3 Å². The SMILES string of the molecule is COc1ccc(-c2cc3c(o2)C(C(C)=O)=C(O)C3)cc1. The molecule has 102 valence electrons. The van der Waals surface area contributed by atoms with Crippen LogP contribution in [0.3, 0.4) is 0 Å². The number of ketones is 1. The van der Waals surface area contributed by atoms with Gasteiger partial charge in [0.05, 0.1) is 12.7 Å². The fraction of sp³-hybridized carbons (Fsp3) is 0.188. The van der Waals surface area contributed by atoms with Gasteiger partial charge in [-0.25, -0.2) is 0 Å². The number of hydrogen-bond acceptors (Lipinski definition) is 4. The van der Waals surface area contributed by atoms with Crippen molar-refractivity contribution in [3.05, 3.63) is 47.4 Å². The highest BCUT2D eigenvalue weighted by atomic mass is 16.5. The summed E-state index contributed by atoms with van der Waals surface area (Å²) >= 11 is 0. The van der Waals surface area contributed by atoms with Gasteiger partial charge in [0, 0.05) is 17.5 Å². The lowest BCUT2D eigenvalue weighted by Crippen LogP contribution is -1.95. The van der Waals surface area contributed by atoms with E-state index in [1.807, 2.05) is 30.3 Å². The molecule has 0 aliphatic heterocycles. The number of carbonyl (C=O) groups excluding carboxylic acids is 1. The summed E-state index contributed by atoms with van der Waals surface area (Å²) in [6, 6.07) is 9.35. The van der Waals surface area contributed by atoms with Gasteiger partial charge in [-0.2, -0.15) is 0 Å². The molecule has 0 bridgehead atoms. The summed E-state index contributed by atoms with van der Waals surface area (Å²) in [5.41, 5.74) is 2.04. The van der Waals surface area contributed by atoms with Crippen LogP contribution in [-0.4, -0.2) is 18.0 Å². The standard InChI is InChI=1S/C16H14O4/c1-9(17)15-13(18)7-11-8-14(20-16(11)15)10-3-5-12(19-2)6-4-10/h3-6,8,18H,7H2,1-2H3. The molecule has 0 atom stereocenters.